The monoisotopic (exact) mass is 362 g/mol. The van der Waals surface area contributed by atoms with Gasteiger partial charge in [-0.25, -0.2) is 9.36 Å². The molecule has 0 spiro atoms. The van der Waals surface area contributed by atoms with E-state index < -0.39 is 5.69 Å². The molecule has 1 N–H and O–H groups in total. The van der Waals surface area contributed by atoms with Gasteiger partial charge in [0.1, 0.15) is 5.75 Å². The summed E-state index contributed by atoms with van der Waals surface area (Å²) in [6.45, 7) is 4.18. The maximum atomic E-state index is 13.5. The molecule has 0 amide bonds. The first-order valence-electron chi connectivity index (χ1n) is 9.11. The van der Waals surface area contributed by atoms with Gasteiger partial charge in [0.15, 0.2) is 0 Å². The number of aromatic nitrogens is 2. The summed E-state index contributed by atoms with van der Waals surface area (Å²) in [5.41, 5.74) is 2.87. The van der Waals surface area contributed by atoms with Crippen molar-refractivity contribution >= 4 is 0 Å². The highest BCUT2D eigenvalue weighted by Gasteiger charge is 2.37. The minimum atomic E-state index is -0.442. The molecule has 5 heteroatoms. The van der Waals surface area contributed by atoms with Crippen molar-refractivity contribution in [3.05, 3.63) is 80.5 Å². The van der Waals surface area contributed by atoms with E-state index in [1.807, 2.05) is 18.2 Å². The second kappa shape index (κ2) is 6.27. The number of ether oxygens (including phenoxy) is 1. The van der Waals surface area contributed by atoms with Gasteiger partial charge in [-0.05, 0) is 30.5 Å². The Bertz CT molecular complexity index is 1140. The lowest BCUT2D eigenvalue weighted by Crippen LogP contribution is -2.44. The highest BCUT2D eigenvalue weighted by atomic mass is 16.5. The first-order chi connectivity index (χ1) is 13.0. The van der Waals surface area contributed by atoms with Gasteiger partial charge in [0.05, 0.1) is 18.5 Å². The van der Waals surface area contributed by atoms with Crippen molar-refractivity contribution in [3.8, 4) is 22.7 Å². The van der Waals surface area contributed by atoms with Crippen LogP contribution in [0.3, 0.4) is 0 Å². The molecule has 1 atom stereocenters. The summed E-state index contributed by atoms with van der Waals surface area (Å²) in [5.74, 6) is 0.597. The lowest BCUT2D eigenvalue weighted by atomic mass is 9.69. The van der Waals surface area contributed by atoms with Crippen molar-refractivity contribution in [2.24, 2.45) is 0 Å². The molecule has 27 heavy (non-hydrogen) atoms. The molecule has 1 aliphatic carbocycles. The molecule has 5 nitrogen and oxygen atoms in total. The smallest absolute Gasteiger partial charge is 0.333 e. The van der Waals surface area contributed by atoms with Crippen LogP contribution >= 0.6 is 0 Å². The summed E-state index contributed by atoms with van der Waals surface area (Å²) in [6, 6.07) is 15.0. The lowest BCUT2D eigenvalue weighted by molar-refractivity contribution is 0.414. The van der Waals surface area contributed by atoms with Crippen LogP contribution in [0.2, 0.25) is 0 Å². The number of nitrogens with one attached hydrogen (secondary N) is 1. The molecule has 0 bridgehead atoms. The second-order valence-electron chi connectivity index (χ2n) is 7.27. The van der Waals surface area contributed by atoms with Crippen molar-refractivity contribution in [1.82, 2.24) is 9.55 Å². The van der Waals surface area contributed by atoms with E-state index in [4.69, 9.17) is 4.74 Å². The van der Waals surface area contributed by atoms with Gasteiger partial charge in [0.25, 0.3) is 5.56 Å². The number of hydrogen-bond acceptors (Lipinski definition) is 3. The summed E-state index contributed by atoms with van der Waals surface area (Å²) < 4.78 is 6.46. The molecule has 0 saturated carbocycles. The number of fused-ring (bicyclic) bond motifs is 3. The predicted octanol–water partition coefficient (Wildman–Crippen LogP) is 3.43. The fraction of sp³-hybridized carbons (Fsp3) is 0.273. The number of benzene rings is 2. The Balaban J connectivity index is 2.07. The highest BCUT2D eigenvalue weighted by molar-refractivity contribution is 5.71. The van der Waals surface area contributed by atoms with Crippen molar-refractivity contribution in [3.63, 3.8) is 0 Å². The van der Waals surface area contributed by atoms with Crippen molar-refractivity contribution in [1.29, 1.82) is 0 Å². The summed E-state index contributed by atoms with van der Waals surface area (Å²) >= 11 is 0. The van der Waals surface area contributed by atoms with Gasteiger partial charge >= 0.3 is 5.69 Å². The Morgan fingerprint density at radius 3 is 2.67 bits per heavy atom. The van der Waals surface area contributed by atoms with Gasteiger partial charge in [-0.3, -0.25) is 4.79 Å². The summed E-state index contributed by atoms with van der Waals surface area (Å²) in [4.78, 5) is 29.4. The molecule has 1 unspecified atom stereocenters. The standard InChI is InChI=1S/C22H22N2O3/c1-4-22(2)13-14-8-5-6-11-17(14)19-18(22)20(25)24(21(26)23-19)15-9-7-10-16(12-15)27-3/h5-12H,4,13H2,1-3H3,(H,23,26). The molecule has 138 valence electrons. The Morgan fingerprint density at radius 1 is 1.15 bits per heavy atom. The van der Waals surface area contributed by atoms with E-state index in [1.54, 1.807) is 31.4 Å². The number of hydrogen-bond donors (Lipinski definition) is 1. The highest BCUT2D eigenvalue weighted by Crippen LogP contribution is 2.41. The second-order valence-corrected chi connectivity index (χ2v) is 7.27. The van der Waals surface area contributed by atoms with Crippen LogP contribution < -0.4 is 16.0 Å². The van der Waals surface area contributed by atoms with E-state index in [-0.39, 0.29) is 11.0 Å². The van der Waals surface area contributed by atoms with Crippen LogP contribution in [0.5, 0.6) is 5.75 Å². The Kier molecular flexibility index (Phi) is 4.02. The van der Waals surface area contributed by atoms with Crippen molar-refractivity contribution in [2.75, 3.05) is 7.11 Å². The first-order valence-corrected chi connectivity index (χ1v) is 9.11. The molecular formula is C22H22N2O3. The molecule has 1 aromatic heterocycles. The number of H-pyrrole nitrogens is 1. The first kappa shape index (κ1) is 17.3. The van der Waals surface area contributed by atoms with Gasteiger partial charge < -0.3 is 9.72 Å². The summed E-state index contributed by atoms with van der Waals surface area (Å²) in [5, 5.41) is 0. The van der Waals surface area contributed by atoms with E-state index in [9.17, 15) is 9.59 Å². The minimum Gasteiger partial charge on any atom is -0.497 e. The number of nitrogens with zero attached hydrogens (tertiary/aromatic N) is 1. The predicted molar refractivity (Wildman–Crippen MR) is 106 cm³/mol. The maximum Gasteiger partial charge on any atom is 0.333 e. The third kappa shape index (κ3) is 2.62. The molecule has 0 saturated heterocycles. The largest absolute Gasteiger partial charge is 0.497 e. The van der Waals surface area contributed by atoms with Crippen molar-refractivity contribution in [2.45, 2.75) is 32.1 Å². The van der Waals surface area contributed by atoms with Crippen molar-refractivity contribution < 1.29 is 4.74 Å². The lowest BCUT2D eigenvalue weighted by Gasteiger charge is -2.35. The minimum absolute atomic E-state index is 0.263. The average molecular weight is 362 g/mol. The zero-order chi connectivity index (χ0) is 19.2. The molecule has 0 fully saturated rings. The summed E-state index contributed by atoms with van der Waals surface area (Å²) in [6.07, 6.45) is 1.57. The van der Waals surface area contributed by atoms with Crippen LogP contribution in [0, 0.1) is 0 Å². The van der Waals surface area contributed by atoms with Crippen LogP contribution in [-0.4, -0.2) is 16.7 Å². The van der Waals surface area contributed by atoms with Crippen LogP contribution in [0.25, 0.3) is 16.9 Å². The zero-order valence-corrected chi connectivity index (χ0v) is 15.7. The number of methoxy groups -OCH3 is 1. The van der Waals surface area contributed by atoms with E-state index in [0.29, 0.717) is 22.7 Å². The van der Waals surface area contributed by atoms with Gasteiger partial charge in [0.2, 0.25) is 0 Å². The molecule has 2 aromatic carbocycles. The molecule has 1 heterocycles. The van der Waals surface area contributed by atoms with E-state index in [0.717, 1.165) is 24.0 Å². The SMILES string of the molecule is CCC1(C)Cc2ccccc2-c2[nH]c(=O)n(-c3cccc(OC)c3)c(=O)c21. The molecular weight excluding hydrogens is 340 g/mol. The van der Waals surface area contributed by atoms with Crippen LogP contribution in [0.15, 0.2) is 58.1 Å². The maximum absolute atomic E-state index is 13.5. The Hall–Kier alpha value is -3.08. The van der Waals surface area contributed by atoms with Crippen LogP contribution in [0.1, 0.15) is 31.4 Å². The Morgan fingerprint density at radius 2 is 1.93 bits per heavy atom. The van der Waals surface area contributed by atoms with Crippen LogP contribution in [-0.2, 0) is 11.8 Å². The van der Waals surface area contributed by atoms with Gasteiger partial charge in [0, 0.05) is 22.6 Å². The molecule has 0 radical (unpaired) electrons. The normalized spacial score (nSPS) is 17.9. The van der Waals surface area contributed by atoms with Gasteiger partial charge in [-0.15, -0.1) is 0 Å². The Labute approximate surface area is 157 Å². The quantitative estimate of drug-likeness (QED) is 0.776. The summed E-state index contributed by atoms with van der Waals surface area (Å²) in [7, 11) is 1.56. The topological polar surface area (TPSA) is 64.1 Å². The average Bonchev–Trinajstić information content (AvgIpc) is 2.68. The molecule has 3 aromatic rings. The zero-order valence-electron chi connectivity index (χ0n) is 15.7. The van der Waals surface area contributed by atoms with E-state index in [2.05, 4.69) is 24.9 Å². The van der Waals surface area contributed by atoms with E-state index >= 15 is 0 Å². The third-order valence-corrected chi connectivity index (χ3v) is 5.66. The van der Waals surface area contributed by atoms with E-state index in [1.165, 1.54) is 4.57 Å². The van der Waals surface area contributed by atoms with Gasteiger partial charge in [-0.1, -0.05) is 44.2 Å². The van der Waals surface area contributed by atoms with Gasteiger partial charge in [-0.2, -0.15) is 0 Å². The fourth-order valence-electron chi connectivity index (χ4n) is 4.01. The molecule has 1 aliphatic rings. The van der Waals surface area contributed by atoms with Crippen LogP contribution in [0.4, 0.5) is 0 Å². The third-order valence-electron chi connectivity index (χ3n) is 5.66. The number of rotatable bonds is 3. The molecule has 0 aliphatic heterocycles. The number of aromatic amines is 1. The molecule has 4 rings (SSSR count). The fourth-order valence-corrected chi connectivity index (χ4v) is 4.01.